The van der Waals surface area contributed by atoms with Crippen LogP contribution in [0.3, 0.4) is 0 Å². The van der Waals surface area contributed by atoms with Gasteiger partial charge in [0.2, 0.25) is 5.91 Å². The van der Waals surface area contributed by atoms with Crippen molar-refractivity contribution in [3.05, 3.63) is 24.3 Å². The first kappa shape index (κ1) is 12.9. The third-order valence-corrected chi connectivity index (χ3v) is 3.65. The molecule has 0 aliphatic heterocycles. The Morgan fingerprint density at radius 1 is 1.44 bits per heavy atom. The topological polar surface area (TPSA) is 75.3 Å². The molecular formula is C11H16N2O2S. The van der Waals surface area contributed by atoms with E-state index in [1.807, 2.05) is 26.0 Å². The molecule has 0 aromatic heterocycles. The van der Waals surface area contributed by atoms with Crippen molar-refractivity contribution in [2.24, 2.45) is 11.3 Å². The average molecular weight is 240 g/mol. The summed E-state index contributed by atoms with van der Waals surface area (Å²) in [5.41, 5.74) is 1.64. The molecule has 1 amide bonds. The number of benzene rings is 1. The molecule has 4 N–H and O–H groups in total. The number of thioether (sulfide) groups is 1. The van der Waals surface area contributed by atoms with Crippen molar-refractivity contribution < 1.29 is 9.90 Å². The average Bonchev–Trinajstić information content (AvgIpc) is 2.27. The van der Waals surface area contributed by atoms with Crippen molar-refractivity contribution in [1.29, 1.82) is 0 Å². The number of rotatable bonds is 4. The molecule has 0 saturated heterocycles. The van der Waals surface area contributed by atoms with E-state index >= 15 is 0 Å². The van der Waals surface area contributed by atoms with Crippen molar-refractivity contribution in [2.45, 2.75) is 18.7 Å². The molecule has 0 bridgehead atoms. The Morgan fingerprint density at radius 2 is 2.00 bits per heavy atom. The number of phenolic OH excluding ortho intramolecular Hbond substituents is 1. The molecule has 5 heteroatoms. The van der Waals surface area contributed by atoms with Gasteiger partial charge in [0.1, 0.15) is 5.75 Å². The molecule has 0 saturated carbocycles. The maximum Gasteiger partial charge on any atom is 0.240 e. The van der Waals surface area contributed by atoms with Gasteiger partial charge in [0.15, 0.2) is 0 Å². The van der Waals surface area contributed by atoms with Crippen molar-refractivity contribution in [1.82, 2.24) is 5.43 Å². The molecule has 0 unspecified atom stereocenters. The zero-order valence-corrected chi connectivity index (χ0v) is 10.2. The molecule has 0 heterocycles. The van der Waals surface area contributed by atoms with Crippen molar-refractivity contribution in [3.8, 4) is 5.75 Å². The Bertz CT molecular complexity index is 363. The molecule has 1 aromatic rings. The van der Waals surface area contributed by atoms with Crippen LogP contribution >= 0.6 is 11.8 Å². The number of amides is 1. The maximum absolute atomic E-state index is 11.4. The Labute approximate surface area is 99.2 Å². The number of nitrogens with one attached hydrogen (secondary N) is 1. The summed E-state index contributed by atoms with van der Waals surface area (Å²) in [5.74, 6) is 5.79. The van der Waals surface area contributed by atoms with Gasteiger partial charge >= 0.3 is 0 Å². The van der Waals surface area contributed by atoms with Gasteiger partial charge in [-0.3, -0.25) is 10.2 Å². The van der Waals surface area contributed by atoms with Crippen molar-refractivity contribution >= 4 is 17.7 Å². The van der Waals surface area contributed by atoms with Gasteiger partial charge in [0.25, 0.3) is 0 Å². The number of hydrogen-bond donors (Lipinski definition) is 3. The number of aromatic hydroxyl groups is 1. The zero-order valence-electron chi connectivity index (χ0n) is 9.36. The van der Waals surface area contributed by atoms with E-state index in [9.17, 15) is 4.79 Å². The molecule has 4 nitrogen and oxygen atoms in total. The molecule has 0 fully saturated rings. The van der Waals surface area contributed by atoms with Gasteiger partial charge in [-0.2, -0.15) is 0 Å². The fourth-order valence-corrected chi connectivity index (χ4v) is 2.05. The van der Waals surface area contributed by atoms with Crippen LogP contribution in [0.15, 0.2) is 29.2 Å². The van der Waals surface area contributed by atoms with Crippen LogP contribution in [0, 0.1) is 5.41 Å². The van der Waals surface area contributed by atoms with Crippen molar-refractivity contribution in [3.63, 3.8) is 0 Å². The smallest absolute Gasteiger partial charge is 0.240 e. The van der Waals surface area contributed by atoms with Crippen LogP contribution in [-0.2, 0) is 4.79 Å². The highest BCUT2D eigenvalue weighted by molar-refractivity contribution is 7.99. The second-order valence-corrected chi connectivity index (χ2v) is 5.19. The van der Waals surface area contributed by atoms with Crippen LogP contribution < -0.4 is 11.3 Å². The summed E-state index contributed by atoms with van der Waals surface area (Å²) in [7, 11) is 0. The first-order valence-electron chi connectivity index (χ1n) is 4.88. The van der Waals surface area contributed by atoms with E-state index < -0.39 is 5.41 Å². The Kier molecular flexibility index (Phi) is 4.20. The number of carbonyl (C=O) groups excluding carboxylic acids is 1. The predicted octanol–water partition coefficient (Wildman–Crippen LogP) is 1.50. The van der Waals surface area contributed by atoms with E-state index in [-0.39, 0.29) is 11.7 Å². The van der Waals surface area contributed by atoms with Gasteiger partial charge in [0, 0.05) is 10.6 Å². The molecule has 16 heavy (non-hydrogen) atoms. The lowest BCUT2D eigenvalue weighted by Crippen LogP contribution is -2.42. The molecule has 0 aliphatic rings. The van der Waals surface area contributed by atoms with Gasteiger partial charge in [0.05, 0.1) is 5.41 Å². The summed E-state index contributed by atoms with van der Waals surface area (Å²) in [6.07, 6.45) is 0. The number of carbonyl (C=O) groups is 1. The van der Waals surface area contributed by atoms with Gasteiger partial charge in [-0.05, 0) is 24.3 Å². The van der Waals surface area contributed by atoms with Gasteiger partial charge in [-0.1, -0.05) is 13.8 Å². The van der Waals surface area contributed by atoms with Crippen LogP contribution in [0.2, 0.25) is 0 Å². The lowest BCUT2D eigenvalue weighted by Gasteiger charge is -2.21. The summed E-state index contributed by atoms with van der Waals surface area (Å²) in [6.45, 7) is 3.67. The van der Waals surface area contributed by atoms with E-state index in [0.29, 0.717) is 5.75 Å². The van der Waals surface area contributed by atoms with E-state index in [1.54, 1.807) is 23.9 Å². The number of nitrogens with two attached hydrogens (primary N) is 1. The predicted molar refractivity (Wildman–Crippen MR) is 64.9 cm³/mol. The molecule has 0 spiro atoms. The zero-order chi connectivity index (χ0) is 12.2. The third kappa shape index (κ3) is 3.43. The largest absolute Gasteiger partial charge is 0.508 e. The molecule has 0 aliphatic carbocycles. The Balaban J connectivity index is 2.57. The monoisotopic (exact) mass is 240 g/mol. The highest BCUT2D eigenvalue weighted by Crippen LogP contribution is 2.28. The van der Waals surface area contributed by atoms with Crippen LogP contribution in [-0.4, -0.2) is 16.8 Å². The normalized spacial score (nSPS) is 11.2. The molecule has 0 radical (unpaired) electrons. The molecular weight excluding hydrogens is 224 g/mol. The fraction of sp³-hybridized carbons (Fsp3) is 0.364. The van der Waals surface area contributed by atoms with Gasteiger partial charge in [-0.25, -0.2) is 5.84 Å². The molecule has 88 valence electrons. The number of phenols is 1. The summed E-state index contributed by atoms with van der Waals surface area (Å²) in [6, 6.07) is 6.88. The minimum Gasteiger partial charge on any atom is -0.508 e. The summed E-state index contributed by atoms with van der Waals surface area (Å²) < 4.78 is 0. The summed E-state index contributed by atoms with van der Waals surface area (Å²) in [4.78, 5) is 12.4. The first-order valence-corrected chi connectivity index (χ1v) is 5.87. The summed E-state index contributed by atoms with van der Waals surface area (Å²) in [5, 5.41) is 9.12. The fourth-order valence-electron chi connectivity index (χ4n) is 1.07. The third-order valence-electron chi connectivity index (χ3n) is 2.18. The van der Waals surface area contributed by atoms with E-state index in [2.05, 4.69) is 5.43 Å². The molecule has 1 rings (SSSR count). The van der Waals surface area contributed by atoms with Crippen molar-refractivity contribution in [2.75, 3.05) is 5.75 Å². The maximum atomic E-state index is 11.4. The van der Waals surface area contributed by atoms with E-state index in [4.69, 9.17) is 10.9 Å². The number of hydrogen-bond acceptors (Lipinski definition) is 4. The lowest BCUT2D eigenvalue weighted by molar-refractivity contribution is -0.128. The van der Waals surface area contributed by atoms with Gasteiger partial charge in [-0.15, -0.1) is 11.8 Å². The minimum absolute atomic E-state index is 0.182. The highest BCUT2D eigenvalue weighted by atomic mass is 32.2. The minimum atomic E-state index is -0.517. The van der Waals surface area contributed by atoms with E-state index in [0.717, 1.165) is 4.90 Å². The lowest BCUT2D eigenvalue weighted by atomic mass is 9.96. The second-order valence-electron chi connectivity index (χ2n) is 4.14. The van der Waals surface area contributed by atoms with E-state index in [1.165, 1.54) is 0 Å². The molecule has 1 aromatic carbocycles. The van der Waals surface area contributed by atoms with Gasteiger partial charge < -0.3 is 5.11 Å². The SMILES string of the molecule is CC(C)(CSc1ccc(O)cc1)C(=O)NN. The van der Waals surface area contributed by atoms with Crippen LogP contribution in [0.4, 0.5) is 0 Å². The van der Waals surface area contributed by atoms with Crippen LogP contribution in [0.1, 0.15) is 13.8 Å². The quantitative estimate of drug-likeness (QED) is 0.323. The second kappa shape index (κ2) is 5.23. The van der Waals surface area contributed by atoms with Crippen LogP contribution in [0.5, 0.6) is 5.75 Å². The highest BCUT2D eigenvalue weighted by Gasteiger charge is 2.26. The number of hydrazine groups is 1. The summed E-state index contributed by atoms with van der Waals surface area (Å²) >= 11 is 1.55. The van der Waals surface area contributed by atoms with Crippen LogP contribution in [0.25, 0.3) is 0 Å². The molecule has 0 atom stereocenters. The first-order chi connectivity index (χ1) is 7.45. The Hall–Kier alpha value is -1.20. The standard InChI is InChI=1S/C11H16N2O2S/c1-11(2,10(15)13-12)7-16-9-5-3-8(14)4-6-9/h3-6,14H,7,12H2,1-2H3,(H,13,15). The Morgan fingerprint density at radius 3 is 2.50 bits per heavy atom.